The number of methoxy groups -OCH3 is 2. The summed E-state index contributed by atoms with van der Waals surface area (Å²) in [5.74, 6) is 0.772. The van der Waals surface area contributed by atoms with Gasteiger partial charge >= 0.3 is 11.9 Å². The molecule has 0 N–H and O–H groups in total. The van der Waals surface area contributed by atoms with E-state index < -0.39 is 11.9 Å². The van der Waals surface area contributed by atoms with Crippen molar-refractivity contribution >= 4 is 11.9 Å². The maximum atomic E-state index is 12.0. The lowest BCUT2D eigenvalue weighted by molar-refractivity contribution is 0.0443. The molecule has 31 heavy (non-hydrogen) atoms. The van der Waals surface area contributed by atoms with Crippen molar-refractivity contribution in [3.05, 3.63) is 82.9 Å². The highest BCUT2D eigenvalue weighted by atomic mass is 16.6. The van der Waals surface area contributed by atoms with E-state index in [1.165, 1.54) is 12.1 Å². The first-order valence-electron chi connectivity index (χ1n) is 9.53. The molecule has 7 heteroatoms. The van der Waals surface area contributed by atoms with Crippen LogP contribution >= 0.6 is 0 Å². The standard InChI is InChI=1S/C24H20O7/c1-27-17-7-3-15(4-8-17)13-29-21-11-19-20(24(26)31-23(19)25)12-22(21)30-14-16-5-9-18(28-2)10-6-16/h3-12H,13-14H2,1-2H3. The van der Waals surface area contributed by atoms with Crippen LogP contribution in [0.5, 0.6) is 23.0 Å². The Hall–Kier alpha value is -4.00. The van der Waals surface area contributed by atoms with E-state index in [1.54, 1.807) is 14.2 Å². The lowest BCUT2D eigenvalue weighted by Crippen LogP contribution is -2.03. The molecule has 4 rings (SSSR count). The van der Waals surface area contributed by atoms with E-state index >= 15 is 0 Å². The van der Waals surface area contributed by atoms with Crippen LogP contribution in [-0.4, -0.2) is 26.2 Å². The van der Waals surface area contributed by atoms with Gasteiger partial charge in [0.05, 0.1) is 25.3 Å². The normalized spacial score (nSPS) is 12.2. The van der Waals surface area contributed by atoms with Gasteiger partial charge in [0.15, 0.2) is 11.5 Å². The first-order chi connectivity index (χ1) is 15.1. The number of cyclic esters (lactones) is 2. The molecule has 0 radical (unpaired) electrons. The van der Waals surface area contributed by atoms with Gasteiger partial charge in [-0.1, -0.05) is 24.3 Å². The summed E-state index contributed by atoms with van der Waals surface area (Å²) in [5.41, 5.74) is 2.13. The summed E-state index contributed by atoms with van der Waals surface area (Å²) in [6.45, 7) is 0.481. The van der Waals surface area contributed by atoms with Crippen LogP contribution in [-0.2, 0) is 18.0 Å². The number of esters is 2. The molecule has 1 aliphatic heterocycles. The quantitative estimate of drug-likeness (QED) is 0.400. The zero-order chi connectivity index (χ0) is 21.8. The van der Waals surface area contributed by atoms with Gasteiger partial charge in [-0.3, -0.25) is 0 Å². The summed E-state index contributed by atoms with van der Waals surface area (Å²) in [7, 11) is 3.20. The van der Waals surface area contributed by atoms with Crippen molar-refractivity contribution in [2.24, 2.45) is 0 Å². The third-order valence-corrected chi connectivity index (χ3v) is 4.82. The predicted octanol–water partition coefficient (Wildman–Crippen LogP) is 4.17. The van der Waals surface area contributed by atoms with Gasteiger partial charge in [-0.25, -0.2) is 9.59 Å². The molecular formula is C24H20O7. The molecule has 0 unspecified atom stereocenters. The summed E-state index contributed by atoms with van der Waals surface area (Å²) in [6.07, 6.45) is 0. The number of ether oxygens (including phenoxy) is 5. The van der Waals surface area contributed by atoms with Gasteiger partial charge in [0.25, 0.3) is 0 Å². The van der Waals surface area contributed by atoms with Crippen LogP contribution in [0.4, 0.5) is 0 Å². The molecule has 1 aliphatic rings. The Morgan fingerprint density at radius 2 is 1.03 bits per heavy atom. The summed E-state index contributed by atoms with van der Waals surface area (Å²) in [6, 6.07) is 17.8. The monoisotopic (exact) mass is 420 g/mol. The molecule has 1 heterocycles. The molecule has 0 atom stereocenters. The molecule has 0 aliphatic carbocycles. The molecule has 0 bridgehead atoms. The number of carbonyl (C=O) groups excluding carboxylic acids is 2. The van der Waals surface area contributed by atoms with Crippen molar-refractivity contribution in [2.75, 3.05) is 14.2 Å². The molecule has 0 fully saturated rings. The molecule has 0 amide bonds. The fourth-order valence-corrected chi connectivity index (χ4v) is 3.08. The van der Waals surface area contributed by atoms with Crippen LogP contribution in [0.2, 0.25) is 0 Å². The zero-order valence-electron chi connectivity index (χ0n) is 17.0. The zero-order valence-corrected chi connectivity index (χ0v) is 17.0. The van der Waals surface area contributed by atoms with E-state index in [0.717, 1.165) is 22.6 Å². The lowest BCUT2D eigenvalue weighted by atomic mass is 10.1. The highest BCUT2D eigenvalue weighted by molar-refractivity contribution is 6.15. The van der Waals surface area contributed by atoms with E-state index in [0.29, 0.717) is 11.5 Å². The fourth-order valence-electron chi connectivity index (χ4n) is 3.08. The van der Waals surface area contributed by atoms with Gasteiger partial charge in [0.1, 0.15) is 24.7 Å². The van der Waals surface area contributed by atoms with E-state index in [1.807, 2.05) is 48.5 Å². The van der Waals surface area contributed by atoms with Gasteiger partial charge in [-0.2, -0.15) is 0 Å². The van der Waals surface area contributed by atoms with Gasteiger partial charge in [-0.05, 0) is 47.5 Å². The van der Waals surface area contributed by atoms with Gasteiger partial charge < -0.3 is 23.7 Å². The van der Waals surface area contributed by atoms with E-state index in [4.69, 9.17) is 23.7 Å². The maximum Gasteiger partial charge on any atom is 0.347 e. The molecule has 0 saturated carbocycles. The fraction of sp³-hybridized carbons (Fsp3) is 0.167. The van der Waals surface area contributed by atoms with Crippen LogP contribution in [0.1, 0.15) is 31.8 Å². The summed E-state index contributed by atoms with van der Waals surface area (Å²) < 4.78 is 26.9. The minimum absolute atomic E-state index is 0.159. The SMILES string of the molecule is COc1ccc(COc2cc3c(cc2OCc2ccc(OC)cc2)C(=O)OC3=O)cc1. The molecule has 158 valence electrons. The van der Waals surface area contributed by atoms with Gasteiger partial charge in [0.2, 0.25) is 0 Å². The van der Waals surface area contributed by atoms with Gasteiger partial charge in [0, 0.05) is 0 Å². The number of fused-ring (bicyclic) bond motifs is 1. The van der Waals surface area contributed by atoms with Crippen molar-refractivity contribution in [3.63, 3.8) is 0 Å². The largest absolute Gasteiger partial charge is 0.497 e. The molecule has 7 nitrogen and oxygen atoms in total. The number of carbonyl (C=O) groups is 2. The van der Waals surface area contributed by atoms with Crippen molar-refractivity contribution < 1.29 is 33.3 Å². The van der Waals surface area contributed by atoms with Crippen molar-refractivity contribution in [3.8, 4) is 23.0 Å². The summed E-state index contributed by atoms with van der Waals surface area (Å²) >= 11 is 0. The number of benzene rings is 3. The van der Waals surface area contributed by atoms with E-state index in [9.17, 15) is 9.59 Å². The predicted molar refractivity (Wildman–Crippen MR) is 111 cm³/mol. The van der Waals surface area contributed by atoms with Crippen molar-refractivity contribution in [1.82, 2.24) is 0 Å². The maximum absolute atomic E-state index is 12.0. The smallest absolute Gasteiger partial charge is 0.347 e. The molecule has 3 aromatic carbocycles. The average molecular weight is 420 g/mol. The molecule has 0 aromatic heterocycles. The van der Waals surface area contributed by atoms with Gasteiger partial charge in [-0.15, -0.1) is 0 Å². The highest BCUT2D eigenvalue weighted by Crippen LogP contribution is 2.35. The van der Waals surface area contributed by atoms with E-state index in [-0.39, 0.29) is 24.3 Å². The highest BCUT2D eigenvalue weighted by Gasteiger charge is 2.32. The van der Waals surface area contributed by atoms with Crippen LogP contribution in [0.15, 0.2) is 60.7 Å². The number of rotatable bonds is 8. The Morgan fingerprint density at radius 1 is 0.645 bits per heavy atom. The summed E-state index contributed by atoms with van der Waals surface area (Å²) in [4.78, 5) is 23.9. The van der Waals surface area contributed by atoms with E-state index in [2.05, 4.69) is 0 Å². The first-order valence-corrected chi connectivity index (χ1v) is 9.53. The Morgan fingerprint density at radius 3 is 1.39 bits per heavy atom. The topological polar surface area (TPSA) is 80.3 Å². The number of hydrogen-bond acceptors (Lipinski definition) is 7. The Bertz CT molecular complexity index is 1010. The lowest BCUT2D eigenvalue weighted by Gasteiger charge is -2.14. The minimum atomic E-state index is -0.698. The van der Waals surface area contributed by atoms with Crippen LogP contribution in [0, 0.1) is 0 Å². The molecule has 0 spiro atoms. The molecular weight excluding hydrogens is 400 g/mol. The van der Waals surface area contributed by atoms with Crippen LogP contribution in [0.25, 0.3) is 0 Å². The third kappa shape index (κ3) is 4.45. The summed E-state index contributed by atoms with van der Waals surface area (Å²) in [5, 5.41) is 0. The first kappa shape index (κ1) is 20.3. The third-order valence-electron chi connectivity index (χ3n) is 4.82. The Balaban J connectivity index is 1.56. The van der Waals surface area contributed by atoms with Crippen LogP contribution in [0.3, 0.4) is 0 Å². The average Bonchev–Trinajstić information content (AvgIpc) is 3.09. The molecule has 3 aromatic rings. The number of hydrogen-bond donors (Lipinski definition) is 0. The second-order valence-corrected chi connectivity index (χ2v) is 6.80. The van der Waals surface area contributed by atoms with Crippen molar-refractivity contribution in [1.29, 1.82) is 0 Å². The minimum Gasteiger partial charge on any atom is -0.497 e. The van der Waals surface area contributed by atoms with Crippen LogP contribution < -0.4 is 18.9 Å². The second-order valence-electron chi connectivity index (χ2n) is 6.80. The molecule has 0 saturated heterocycles. The van der Waals surface area contributed by atoms with Crippen molar-refractivity contribution in [2.45, 2.75) is 13.2 Å². The second kappa shape index (κ2) is 8.79. The Labute approximate surface area is 179 Å². The Kier molecular flexibility index (Phi) is 5.75.